The molecular formula is C6H7IOS. The molecule has 1 N–H and O–H groups in total. The second kappa shape index (κ2) is 4.00. The van der Waals surface area contributed by atoms with Crippen LogP contribution in [0, 0.1) is 0 Å². The van der Waals surface area contributed by atoms with E-state index < -0.39 is 0 Å². The molecule has 1 nitrogen and oxygen atoms in total. The lowest BCUT2D eigenvalue weighted by Crippen LogP contribution is -3.00. The molecule has 0 spiro atoms. The van der Waals surface area contributed by atoms with E-state index >= 15 is 0 Å². The summed E-state index contributed by atoms with van der Waals surface area (Å²) < 4.78 is 0. The fourth-order valence-electron chi connectivity index (χ4n) is 0.506. The monoisotopic (exact) mass is 254 g/mol. The second-order valence-corrected chi connectivity index (χ2v) is 2.13. The van der Waals surface area contributed by atoms with Gasteiger partial charge in [0.05, 0.1) is 0 Å². The van der Waals surface area contributed by atoms with Crippen LogP contribution >= 0.6 is 0 Å². The summed E-state index contributed by atoms with van der Waals surface area (Å²) in [5, 5.41) is 8.78. The highest BCUT2D eigenvalue weighted by Crippen LogP contribution is 2.08. The van der Waals surface area contributed by atoms with Crippen LogP contribution in [0.3, 0.4) is 0 Å². The number of phenols is 1. The van der Waals surface area contributed by atoms with Crippen LogP contribution in [-0.2, 0) is 12.6 Å². The zero-order valence-electron chi connectivity index (χ0n) is 4.63. The van der Waals surface area contributed by atoms with Crippen molar-refractivity contribution in [2.75, 3.05) is 0 Å². The molecule has 0 saturated carbocycles. The molecule has 0 saturated heterocycles. The molecule has 0 aliphatic heterocycles. The lowest BCUT2D eigenvalue weighted by Gasteiger charge is -1.84. The minimum atomic E-state index is 0. The van der Waals surface area contributed by atoms with Crippen LogP contribution in [0.5, 0.6) is 5.75 Å². The van der Waals surface area contributed by atoms with Gasteiger partial charge in [0.15, 0.2) is 4.90 Å². The highest BCUT2D eigenvalue weighted by Gasteiger charge is 1.89. The number of hydrogen-bond acceptors (Lipinski definition) is 1. The molecule has 0 aliphatic rings. The SMILES string of the molecule is Oc1cccc([SH2+])c1.[I-]. The predicted molar refractivity (Wildman–Crippen MR) is 36.5 cm³/mol. The van der Waals surface area contributed by atoms with Crippen LogP contribution in [0.2, 0.25) is 0 Å². The lowest BCUT2D eigenvalue weighted by atomic mass is 10.3. The van der Waals surface area contributed by atoms with E-state index in [9.17, 15) is 0 Å². The third-order valence-electron chi connectivity index (χ3n) is 0.846. The van der Waals surface area contributed by atoms with Crippen LogP contribution in [0.4, 0.5) is 0 Å². The van der Waals surface area contributed by atoms with E-state index in [1.54, 1.807) is 18.2 Å². The molecule has 0 heterocycles. The molecule has 0 unspecified atom stereocenters. The molecule has 1 aromatic carbocycles. The summed E-state index contributed by atoms with van der Waals surface area (Å²) in [4.78, 5) is 0.894. The molecule has 0 radical (unpaired) electrons. The van der Waals surface area contributed by atoms with E-state index in [1.807, 2.05) is 6.07 Å². The van der Waals surface area contributed by atoms with Crippen molar-refractivity contribution in [1.82, 2.24) is 0 Å². The van der Waals surface area contributed by atoms with Crippen molar-refractivity contribution in [2.24, 2.45) is 0 Å². The Kier molecular flexibility index (Phi) is 4.05. The molecule has 0 bridgehead atoms. The molecule has 0 amide bonds. The fourth-order valence-corrected chi connectivity index (χ4v) is 0.750. The predicted octanol–water partition coefficient (Wildman–Crippen LogP) is -2.23. The van der Waals surface area contributed by atoms with Gasteiger partial charge in [-0.3, -0.25) is 0 Å². The number of phenolic OH excluding ortho intramolecular Hbond substituents is 1. The first-order valence-corrected chi connectivity index (χ1v) is 2.79. The maximum Gasteiger partial charge on any atom is 0.153 e. The van der Waals surface area contributed by atoms with E-state index in [-0.39, 0.29) is 29.7 Å². The van der Waals surface area contributed by atoms with Crippen LogP contribution in [0.1, 0.15) is 0 Å². The summed E-state index contributed by atoms with van der Waals surface area (Å²) in [6, 6.07) is 6.90. The summed E-state index contributed by atoms with van der Waals surface area (Å²) in [6.07, 6.45) is 0. The normalized spacial score (nSPS) is 8.11. The average Bonchev–Trinajstić information content (AvgIpc) is 1.64. The molecule has 0 atom stereocenters. The maximum atomic E-state index is 8.78. The van der Waals surface area contributed by atoms with Gasteiger partial charge in [-0.25, -0.2) is 0 Å². The Morgan fingerprint density at radius 2 is 2.00 bits per heavy atom. The van der Waals surface area contributed by atoms with Gasteiger partial charge in [-0.05, 0) is 24.8 Å². The average molecular weight is 254 g/mol. The van der Waals surface area contributed by atoms with E-state index in [0.29, 0.717) is 0 Å². The molecule has 9 heavy (non-hydrogen) atoms. The Morgan fingerprint density at radius 3 is 2.33 bits per heavy atom. The molecule has 1 rings (SSSR count). The van der Waals surface area contributed by atoms with Crippen LogP contribution in [-0.4, -0.2) is 5.11 Å². The van der Waals surface area contributed by atoms with Crippen LogP contribution in [0.15, 0.2) is 29.2 Å². The summed E-state index contributed by atoms with van der Waals surface area (Å²) in [6.45, 7) is 0. The molecule has 3 heteroatoms. The molecule has 0 aliphatic carbocycles. The van der Waals surface area contributed by atoms with Gasteiger partial charge in [0.25, 0.3) is 0 Å². The number of aromatic hydroxyl groups is 1. The van der Waals surface area contributed by atoms with Crippen molar-refractivity contribution in [3.8, 4) is 5.75 Å². The molecule has 50 valence electrons. The maximum absolute atomic E-state index is 8.78. The van der Waals surface area contributed by atoms with Gasteiger partial charge in [-0.2, -0.15) is 0 Å². The van der Waals surface area contributed by atoms with E-state index in [0.717, 1.165) is 4.90 Å². The zero-order chi connectivity index (χ0) is 5.98. The molecule has 0 aromatic heterocycles. The summed E-state index contributed by atoms with van der Waals surface area (Å²) >= 11 is 3.25. The second-order valence-electron chi connectivity index (χ2n) is 1.55. The van der Waals surface area contributed by atoms with Crippen molar-refractivity contribution in [1.29, 1.82) is 0 Å². The van der Waals surface area contributed by atoms with Crippen molar-refractivity contribution in [2.45, 2.75) is 4.90 Å². The van der Waals surface area contributed by atoms with Crippen molar-refractivity contribution >= 4 is 12.6 Å². The first-order chi connectivity index (χ1) is 3.79. The number of hydrogen-bond donors (Lipinski definition) is 1. The van der Waals surface area contributed by atoms with E-state index in [2.05, 4.69) is 12.6 Å². The fraction of sp³-hybridized carbons (Fsp3) is 0. The van der Waals surface area contributed by atoms with Gasteiger partial charge in [0, 0.05) is 6.07 Å². The third kappa shape index (κ3) is 2.95. The Morgan fingerprint density at radius 1 is 1.33 bits per heavy atom. The Bertz CT molecular complexity index is 173. The van der Waals surface area contributed by atoms with Crippen molar-refractivity contribution in [3.63, 3.8) is 0 Å². The van der Waals surface area contributed by atoms with E-state index in [4.69, 9.17) is 5.11 Å². The van der Waals surface area contributed by atoms with Gasteiger partial charge in [0.2, 0.25) is 0 Å². The minimum absolute atomic E-state index is 0. The van der Waals surface area contributed by atoms with Gasteiger partial charge < -0.3 is 29.1 Å². The molecule has 1 aromatic rings. The smallest absolute Gasteiger partial charge is 0.153 e. The largest absolute Gasteiger partial charge is 1.00 e. The zero-order valence-corrected chi connectivity index (χ0v) is 7.79. The van der Waals surface area contributed by atoms with Crippen LogP contribution in [0.25, 0.3) is 0 Å². The Labute approximate surface area is 76.5 Å². The molecular weight excluding hydrogens is 247 g/mol. The van der Waals surface area contributed by atoms with Gasteiger partial charge in [-0.1, -0.05) is 6.07 Å². The van der Waals surface area contributed by atoms with Crippen molar-refractivity contribution < 1.29 is 29.1 Å². The summed E-state index contributed by atoms with van der Waals surface area (Å²) in [5.41, 5.74) is 0. The quantitative estimate of drug-likeness (QED) is 0.410. The summed E-state index contributed by atoms with van der Waals surface area (Å²) in [7, 11) is 0. The Balaban J connectivity index is 0.000000640. The van der Waals surface area contributed by atoms with Gasteiger partial charge >= 0.3 is 0 Å². The minimum Gasteiger partial charge on any atom is -1.00 e. The van der Waals surface area contributed by atoms with Crippen LogP contribution < -0.4 is 24.0 Å². The third-order valence-corrected chi connectivity index (χ3v) is 1.16. The standard InChI is InChI=1S/C6H6OS.HI/c7-5-2-1-3-6(8)4-5;/h1-4,7-8H;1H. The van der Waals surface area contributed by atoms with Gasteiger partial charge in [-0.15, -0.1) is 0 Å². The Hall–Kier alpha value is 0.1000. The van der Waals surface area contributed by atoms with Crippen molar-refractivity contribution in [3.05, 3.63) is 24.3 Å². The highest BCUT2D eigenvalue weighted by atomic mass is 127. The first kappa shape index (κ1) is 9.10. The highest BCUT2D eigenvalue weighted by molar-refractivity contribution is 7.58. The summed E-state index contributed by atoms with van der Waals surface area (Å²) in [5.74, 6) is 0.289. The topological polar surface area (TPSA) is 20.2 Å². The number of halogens is 1. The number of benzene rings is 1. The molecule has 0 fully saturated rings. The first-order valence-electron chi connectivity index (χ1n) is 2.29. The number of rotatable bonds is 0. The van der Waals surface area contributed by atoms with E-state index in [1.165, 1.54) is 0 Å². The lowest BCUT2D eigenvalue weighted by molar-refractivity contribution is -0.00000259. The van der Waals surface area contributed by atoms with Gasteiger partial charge in [0.1, 0.15) is 5.75 Å².